The van der Waals surface area contributed by atoms with Gasteiger partial charge in [0.05, 0.1) is 0 Å². The van der Waals surface area contributed by atoms with Gasteiger partial charge in [0.2, 0.25) is 0 Å². The summed E-state index contributed by atoms with van der Waals surface area (Å²) in [4.78, 5) is 10.5. The van der Waals surface area contributed by atoms with Crippen molar-refractivity contribution in [2.75, 3.05) is 5.73 Å². The number of anilines is 1. The van der Waals surface area contributed by atoms with Gasteiger partial charge in [-0.05, 0) is 41.3 Å². The first-order valence-corrected chi connectivity index (χ1v) is 4.48. The molecule has 14 heavy (non-hydrogen) atoms. The average molecular weight is 215 g/mol. The molecule has 0 radical (unpaired) electrons. The first-order chi connectivity index (χ1) is 6.24. The Morgan fingerprint density at radius 1 is 1.21 bits per heavy atom. The van der Waals surface area contributed by atoms with Crippen molar-refractivity contribution in [2.24, 2.45) is 5.18 Å². The Hall–Kier alpha value is -1.09. The van der Waals surface area contributed by atoms with Crippen molar-refractivity contribution < 1.29 is 0 Å². The first-order valence-electron chi connectivity index (χ1n) is 4.48. The number of hydrogen-bond acceptors (Lipinski definition) is 3. The highest BCUT2D eigenvalue weighted by molar-refractivity contribution is 5.85. The zero-order valence-electron chi connectivity index (χ0n) is 8.41. The third kappa shape index (κ3) is 2.23. The monoisotopic (exact) mass is 214 g/mol. The quantitative estimate of drug-likeness (QED) is 0.621. The maximum atomic E-state index is 10.5. The minimum Gasteiger partial charge on any atom is -0.398 e. The fourth-order valence-electron chi connectivity index (χ4n) is 1.60. The molecule has 0 saturated heterocycles. The van der Waals surface area contributed by atoms with E-state index in [-0.39, 0.29) is 12.4 Å². The average Bonchev–Trinajstić information content (AvgIpc) is 2.17. The van der Waals surface area contributed by atoms with Crippen LogP contribution >= 0.6 is 12.4 Å². The van der Waals surface area contributed by atoms with Gasteiger partial charge in [-0.15, -0.1) is 17.3 Å². The molecular formula is C10H15ClN2O. The van der Waals surface area contributed by atoms with E-state index in [0.717, 1.165) is 29.7 Å². The molecule has 0 aromatic heterocycles. The Morgan fingerprint density at radius 3 is 2.21 bits per heavy atom. The van der Waals surface area contributed by atoms with E-state index in [2.05, 4.69) is 5.18 Å². The lowest BCUT2D eigenvalue weighted by Gasteiger charge is -2.09. The number of halogens is 1. The molecule has 0 aliphatic carbocycles. The van der Waals surface area contributed by atoms with Crippen LogP contribution in [0.15, 0.2) is 17.3 Å². The van der Waals surface area contributed by atoms with Crippen LogP contribution < -0.4 is 5.73 Å². The topological polar surface area (TPSA) is 55.4 Å². The molecule has 78 valence electrons. The van der Waals surface area contributed by atoms with E-state index in [9.17, 15) is 4.91 Å². The summed E-state index contributed by atoms with van der Waals surface area (Å²) in [6.45, 7) is 4.03. The van der Waals surface area contributed by atoms with Crippen molar-refractivity contribution in [1.29, 1.82) is 0 Å². The lowest BCUT2D eigenvalue weighted by Crippen LogP contribution is -1.98. The van der Waals surface area contributed by atoms with Crippen LogP contribution in [0.5, 0.6) is 0 Å². The van der Waals surface area contributed by atoms with Crippen LogP contribution in [-0.4, -0.2) is 0 Å². The highest BCUT2D eigenvalue weighted by Gasteiger charge is 2.08. The van der Waals surface area contributed by atoms with Crippen molar-refractivity contribution in [3.8, 4) is 0 Å². The summed E-state index contributed by atoms with van der Waals surface area (Å²) < 4.78 is 0. The minimum atomic E-state index is 0. The van der Waals surface area contributed by atoms with E-state index in [4.69, 9.17) is 5.73 Å². The molecule has 0 bridgehead atoms. The molecule has 0 aliphatic heterocycles. The van der Waals surface area contributed by atoms with Gasteiger partial charge in [-0.3, -0.25) is 0 Å². The first kappa shape index (κ1) is 12.9. The van der Waals surface area contributed by atoms with E-state index in [1.165, 1.54) is 0 Å². The van der Waals surface area contributed by atoms with E-state index >= 15 is 0 Å². The Kier molecular flexibility index (Phi) is 5.16. The zero-order valence-corrected chi connectivity index (χ0v) is 9.23. The van der Waals surface area contributed by atoms with Crippen LogP contribution in [0, 0.1) is 4.91 Å². The van der Waals surface area contributed by atoms with Gasteiger partial charge in [-0.1, -0.05) is 13.8 Å². The van der Waals surface area contributed by atoms with Gasteiger partial charge < -0.3 is 5.73 Å². The van der Waals surface area contributed by atoms with Gasteiger partial charge in [0.15, 0.2) is 0 Å². The van der Waals surface area contributed by atoms with Gasteiger partial charge in [0.1, 0.15) is 5.69 Å². The molecule has 0 amide bonds. The second-order valence-corrected chi connectivity index (χ2v) is 2.93. The normalized spacial score (nSPS) is 9.29. The van der Waals surface area contributed by atoms with E-state index in [1.54, 1.807) is 12.1 Å². The minimum absolute atomic E-state index is 0. The number of nitrogen functional groups attached to an aromatic ring is 1. The lowest BCUT2D eigenvalue weighted by molar-refractivity contribution is 1.04. The van der Waals surface area contributed by atoms with Crippen LogP contribution in [-0.2, 0) is 12.8 Å². The molecule has 0 aliphatic rings. The molecule has 1 aromatic rings. The van der Waals surface area contributed by atoms with E-state index in [0.29, 0.717) is 5.69 Å². The molecule has 4 heteroatoms. The Morgan fingerprint density at radius 2 is 1.79 bits per heavy atom. The second-order valence-electron chi connectivity index (χ2n) is 2.93. The Bertz CT molecular complexity index is 326. The predicted molar refractivity (Wildman–Crippen MR) is 62.3 cm³/mol. The third-order valence-corrected chi connectivity index (χ3v) is 2.25. The van der Waals surface area contributed by atoms with Gasteiger partial charge in [0, 0.05) is 5.69 Å². The molecule has 0 heterocycles. The number of nitrogens with two attached hydrogens (primary N) is 1. The van der Waals surface area contributed by atoms with Crippen LogP contribution in [0.1, 0.15) is 25.0 Å². The fraction of sp³-hybridized carbons (Fsp3) is 0.400. The molecular weight excluding hydrogens is 200 g/mol. The summed E-state index contributed by atoms with van der Waals surface area (Å²) >= 11 is 0. The SMILES string of the molecule is CCc1c(N)ccc(N=O)c1CC.Cl. The van der Waals surface area contributed by atoms with Crippen LogP contribution in [0.3, 0.4) is 0 Å². The molecule has 0 unspecified atom stereocenters. The smallest absolute Gasteiger partial charge is 0.111 e. The lowest BCUT2D eigenvalue weighted by atomic mass is 9.99. The molecule has 0 atom stereocenters. The molecule has 0 fully saturated rings. The zero-order chi connectivity index (χ0) is 9.84. The van der Waals surface area contributed by atoms with E-state index < -0.39 is 0 Å². The summed E-state index contributed by atoms with van der Waals surface area (Å²) in [5.41, 5.74) is 9.10. The van der Waals surface area contributed by atoms with Crippen LogP contribution in [0.4, 0.5) is 11.4 Å². The second kappa shape index (κ2) is 5.60. The summed E-state index contributed by atoms with van der Waals surface area (Å²) in [5, 5.41) is 2.99. The summed E-state index contributed by atoms with van der Waals surface area (Å²) in [5.74, 6) is 0. The number of hydrogen-bond donors (Lipinski definition) is 1. The third-order valence-electron chi connectivity index (χ3n) is 2.25. The maximum Gasteiger partial charge on any atom is 0.111 e. The Balaban J connectivity index is 0.00000169. The van der Waals surface area contributed by atoms with Crippen molar-refractivity contribution in [3.05, 3.63) is 28.2 Å². The van der Waals surface area contributed by atoms with Gasteiger partial charge >= 0.3 is 0 Å². The molecule has 3 nitrogen and oxygen atoms in total. The van der Waals surface area contributed by atoms with Crippen LogP contribution in [0.25, 0.3) is 0 Å². The summed E-state index contributed by atoms with van der Waals surface area (Å²) in [6, 6.07) is 3.43. The highest BCUT2D eigenvalue weighted by atomic mass is 35.5. The number of nitrogens with zero attached hydrogens (tertiary/aromatic N) is 1. The molecule has 1 rings (SSSR count). The standard InChI is InChI=1S/C10H14N2O.ClH/c1-3-7-8(4-2)10(12-13)6-5-9(7)11;/h5-6H,3-4,11H2,1-2H3;1H. The largest absolute Gasteiger partial charge is 0.398 e. The number of benzene rings is 1. The van der Waals surface area contributed by atoms with Crippen molar-refractivity contribution >= 4 is 23.8 Å². The highest BCUT2D eigenvalue weighted by Crippen LogP contribution is 2.28. The van der Waals surface area contributed by atoms with Crippen molar-refractivity contribution in [1.82, 2.24) is 0 Å². The predicted octanol–water partition coefficient (Wildman–Crippen LogP) is 3.21. The molecule has 0 saturated carbocycles. The van der Waals surface area contributed by atoms with Crippen molar-refractivity contribution in [3.63, 3.8) is 0 Å². The number of rotatable bonds is 3. The number of nitroso groups, excluding NO2 is 1. The molecule has 0 spiro atoms. The van der Waals surface area contributed by atoms with Crippen LogP contribution in [0.2, 0.25) is 0 Å². The molecule has 1 aromatic carbocycles. The van der Waals surface area contributed by atoms with Crippen molar-refractivity contribution in [2.45, 2.75) is 26.7 Å². The fourth-order valence-corrected chi connectivity index (χ4v) is 1.60. The van der Waals surface area contributed by atoms with Gasteiger partial charge in [-0.2, -0.15) is 0 Å². The van der Waals surface area contributed by atoms with E-state index in [1.807, 2.05) is 13.8 Å². The van der Waals surface area contributed by atoms with Gasteiger partial charge in [-0.25, -0.2) is 0 Å². The summed E-state index contributed by atoms with van der Waals surface area (Å²) in [6.07, 6.45) is 1.65. The summed E-state index contributed by atoms with van der Waals surface area (Å²) in [7, 11) is 0. The molecule has 2 N–H and O–H groups in total. The maximum absolute atomic E-state index is 10.5. The van der Waals surface area contributed by atoms with Gasteiger partial charge in [0.25, 0.3) is 0 Å². The Labute approximate surface area is 90.1 Å².